The predicted octanol–water partition coefficient (Wildman–Crippen LogP) is 1.57. The second kappa shape index (κ2) is 3.58. The van der Waals surface area contributed by atoms with Crippen LogP contribution in [0, 0.1) is 11.3 Å². The fraction of sp³-hybridized carbons (Fsp3) is 0.900. The first-order valence-corrected chi connectivity index (χ1v) is 5.60. The first-order chi connectivity index (χ1) is 6.27. The third-order valence-electron chi connectivity index (χ3n) is 3.67. The zero-order chi connectivity index (χ0) is 9.31. The van der Waals surface area contributed by atoms with Crippen LogP contribution in [0.2, 0.25) is 0 Å². The van der Waals surface area contributed by atoms with Gasteiger partial charge in [0.25, 0.3) is 0 Å². The smallest absolute Gasteiger partial charge is 0.154 e. The van der Waals surface area contributed by atoms with E-state index < -0.39 is 0 Å². The molecule has 0 atom stereocenters. The molecule has 74 valence electrons. The van der Waals surface area contributed by atoms with E-state index in [2.05, 4.69) is 5.32 Å². The van der Waals surface area contributed by atoms with Gasteiger partial charge in [0.15, 0.2) is 5.78 Å². The van der Waals surface area contributed by atoms with E-state index in [-0.39, 0.29) is 17.1 Å². The summed E-state index contributed by atoms with van der Waals surface area (Å²) in [5.74, 6) is 1.24. The number of alkyl halides is 1. The number of hydrogen-bond donors (Lipinski definition) is 1. The van der Waals surface area contributed by atoms with Gasteiger partial charge in [0.05, 0.1) is 5.88 Å². The highest BCUT2D eigenvalue weighted by atomic mass is 35.5. The van der Waals surface area contributed by atoms with Gasteiger partial charge in [0, 0.05) is 12.0 Å². The van der Waals surface area contributed by atoms with Crippen molar-refractivity contribution >= 4 is 17.4 Å². The largest absolute Gasteiger partial charge is 0.315 e. The van der Waals surface area contributed by atoms with E-state index in [9.17, 15) is 4.79 Å². The maximum atomic E-state index is 11.7. The van der Waals surface area contributed by atoms with Gasteiger partial charge in [-0.3, -0.25) is 4.79 Å². The molecule has 13 heavy (non-hydrogen) atoms. The lowest BCUT2D eigenvalue weighted by Crippen LogP contribution is -2.40. The number of ketones is 1. The van der Waals surface area contributed by atoms with Crippen LogP contribution in [0.1, 0.15) is 25.7 Å². The van der Waals surface area contributed by atoms with Gasteiger partial charge >= 0.3 is 0 Å². The second-order valence-electron chi connectivity index (χ2n) is 4.41. The number of nitrogens with one attached hydrogen (secondary N) is 1. The molecule has 3 rings (SSSR count). The number of carbonyl (C=O) groups excluding carboxylic acids is 1. The first kappa shape index (κ1) is 9.47. The van der Waals surface area contributed by atoms with E-state index in [1.54, 1.807) is 0 Å². The van der Waals surface area contributed by atoms with Crippen molar-refractivity contribution in [3.8, 4) is 0 Å². The summed E-state index contributed by atoms with van der Waals surface area (Å²) < 4.78 is 0. The second-order valence-corrected chi connectivity index (χ2v) is 4.68. The van der Waals surface area contributed by atoms with Gasteiger partial charge in [-0.1, -0.05) is 0 Å². The Morgan fingerprint density at radius 3 is 2.77 bits per heavy atom. The Balaban J connectivity index is 2.16. The molecule has 0 spiro atoms. The van der Waals surface area contributed by atoms with E-state index >= 15 is 0 Å². The number of carbonyl (C=O) groups is 1. The zero-order valence-corrected chi connectivity index (χ0v) is 8.57. The van der Waals surface area contributed by atoms with Crippen molar-refractivity contribution in [3.05, 3.63) is 0 Å². The highest BCUT2D eigenvalue weighted by Crippen LogP contribution is 2.41. The van der Waals surface area contributed by atoms with Crippen molar-refractivity contribution in [1.29, 1.82) is 0 Å². The summed E-state index contributed by atoms with van der Waals surface area (Å²) >= 11 is 5.65. The molecule has 0 unspecified atom stereocenters. The lowest BCUT2D eigenvalue weighted by atomic mass is 9.70. The normalized spacial score (nSPS) is 38.7. The zero-order valence-electron chi connectivity index (χ0n) is 7.81. The average molecular weight is 202 g/mol. The van der Waals surface area contributed by atoms with Gasteiger partial charge in [-0.05, 0) is 38.1 Å². The summed E-state index contributed by atoms with van der Waals surface area (Å²) in [5, 5.41) is 3.39. The molecule has 2 bridgehead atoms. The lowest BCUT2D eigenvalue weighted by molar-refractivity contribution is -0.127. The third-order valence-corrected chi connectivity index (χ3v) is 3.91. The number of hydrogen-bond acceptors (Lipinski definition) is 2. The van der Waals surface area contributed by atoms with Crippen LogP contribution >= 0.6 is 11.6 Å². The fourth-order valence-corrected chi connectivity index (χ4v) is 2.93. The minimum atomic E-state index is -0.102. The summed E-state index contributed by atoms with van der Waals surface area (Å²) in [4.78, 5) is 11.7. The average Bonchev–Trinajstić information content (AvgIpc) is 2.50. The number of rotatable bonds is 2. The van der Waals surface area contributed by atoms with Crippen LogP contribution in [-0.2, 0) is 4.79 Å². The van der Waals surface area contributed by atoms with Crippen LogP contribution in [0.5, 0.6) is 0 Å². The number of halogens is 1. The summed E-state index contributed by atoms with van der Waals surface area (Å²) in [6.45, 7) is 1.95. The number of fused-ring (bicyclic) bond motifs is 4. The number of Topliss-reactive ketones (excluding diaryl/α,β-unsaturated/α-hetero) is 1. The van der Waals surface area contributed by atoms with Crippen molar-refractivity contribution in [2.45, 2.75) is 25.7 Å². The molecule has 3 aliphatic rings. The Morgan fingerprint density at radius 1 is 1.46 bits per heavy atom. The summed E-state index contributed by atoms with van der Waals surface area (Å²) in [7, 11) is 0. The van der Waals surface area contributed by atoms with Crippen LogP contribution in [0.3, 0.4) is 0 Å². The fourth-order valence-electron chi connectivity index (χ4n) is 2.65. The van der Waals surface area contributed by atoms with Gasteiger partial charge in [0.2, 0.25) is 0 Å². The van der Waals surface area contributed by atoms with Crippen molar-refractivity contribution in [3.63, 3.8) is 0 Å². The van der Waals surface area contributed by atoms with Crippen LogP contribution in [0.15, 0.2) is 0 Å². The molecule has 2 aliphatic heterocycles. The summed E-state index contributed by atoms with van der Waals surface area (Å²) in [6, 6.07) is 0. The SMILES string of the molecule is O=C(CCl)C12CCC(CC1)CNC2. The minimum Gasteiger partial charge on any atom is -0.315 e. The molecule has 3 heteroatoms. The Bertz CT molecular complexity index is 203. The lowest BCUT2D eigenvalue weighted by Gasteiger charge is -2.34. The van der Waals surface area contributed by atoms with E-state index in [0.29, 0.717) is 0 Å². The highest BCUT2D eigenvalue weighted by Gasteiger charge is 2.42. The van der Waals surface area contributed by atoms with Crippen LogP contribution in [-0.4, -0.2) is 24.8 Å². The molecule has 2 nitrogen and oxygen atoms in total. The Morgan fingerprint density at radius 2 is 2.15 bits per heavy atom. The van der Waals surface area contributed by atoms with Crippen molar-refractivity contribution in [1.82, 2.24) is 5.32 Å². The molecule has 1 N–H and O–H groups in total. The maximum Gasteiger partial charge on any atom is 0.154 e. The standard InChI is InChI=1S/C10H16ClNO/c11-5-9(13)10-3-1-8(2-4-10)6-12-7-10/h8,12H,1-7H2. The molecule has 2 heterocycles. The topological polar surface area (TPSA) is 29.1 Å². The predicted molar refractivity (Wildman–Crippen MR) is 53.0 cm³/mol. The van der Waals surface area contributed by atoms with Gasteiger partial charge in [-0.25, -0.2) is 0 Å². The van der Waals surface area contributed by atoms with Crippen molar-refractivity contribution in [2.75, 3.05) is 19.0 Å². The monoisotopic (exact) mass is 201 g/mol. The van der Waals surface area contributed by atoms with Crippen LogP contribution in [0.25, 0.3) is 0 Å². The highest BCUT2D eigenvalue weighted by molar-refractivity contribution is 6.28. The molecule has 0 aromatic carbocycles. The van der Waals surface area contributed by atoms with Crippen LogP contribution < -0.4 is 5.32 Å². The molecular weight excluding hydrogens is 186 g/mol. The Labute approximate surface area is 84.0 Å². The Hall–Kier alpha value is -0.0800. The van der Waals surface area contributed by atoms with Gasteiger partial charge in [0.1, 0.15) is 0 Å². The van der Waals surface area contributed by atoms with E-state index in [0.717, 1.165) is 31.8 Å². The van der Waals surface area contributed by atoms with E-state index in [1.807, 2.05) is 0 Å². The molecular formula is C10H16ClNO. The van der Waals surface area contributed by atoms with Gasteiger partial charge < -0.3 is 5.32 Å². The van der Waals surface area contributed by atoms with Crippen molar-refractivity contribution in [2.24, 2.45) is 11.3 Å². The summed E-state index contributed by atoms with van der Waals surface area (Å²) in [6.07, 6.45) is 4.51. The molecule has 3 fully saturated rings. The van der Waals surface area contributed by atoms with E-state index in [1.165, 1.54) is 12.8 Å². The summed E-state index contributed by atoms with van der Waals surface area (Å²) in [5.41, 5.74) is -0.102. The van der Waals surface area contributed by atoms with Crippen LogP contribution in [0.4, 0.5) is 0 Å². The molecule has 0 aromatic rings. The molecule has 0 amide bonds. The van der Waals surface area contributed by atoms with Crippen molar-refractivity contribution < 1.29 is 4.79 Å². The van der Waals surface area contributed by atoms with Gasteiger partial charge in [-0.2, -0.15) is 0 Å². The molecule has 1 aliphatic carbocycles. The molecule has 1 saturated carbocycles. The maximum absolute atomic E-state index is 11.7. The quantitative estimate of drug-likeness (QED) is 0.688. The van der Waals surface area contributed by atoms with Gasteiger partial charge in [-0.15, -0.1) is 11.6 Å². The molecule has 0 radical (unpaired) electrons. The molecule has 2 saturated heterocycles. The first-order valence-electron chi connectivity index (χ1n) is 5.07. The third kappa shape index (κ3) is 1.62. The Kier molecular flexibility index (Phi) is 2.61. The molecule has 0 aromatic heterocycles. The van der Waals surface area contributed by atoms with E-state index in [4.69, 9.17) is 11.6 Å². The minimum absolute atomic E-state index is 0.102.